The van der Waals surface area contributed by atoms with Crippen LogP contribution in [0.4, 0.5) is 20.3 Å². The highest BCUT2D eigenvalue weighted by molar-refractivity contribution is 7.90. The summed E-state index contributed by atoms with van der Waals surface area (Å²) < 4.78 is 63.4. The van der Waals surface area contributed by atoms with Gasteiger partial charge in [-0.2, -0.15) is 0 Å². The van der Waals surface area contributed by atoms with Gasteiger partial charge in [0.15, 0.2) is 9.84 Å². The molecule has 0 saturated carbocycles. The number of hydrogen-bond donors (Lipinski definition) is 1. The zero-order valence-electron chi connectivity index (χ0n) is 20.5. The Morgan fingerprint density at radius 1 is 1.08 bits per heavy atom. The van der Waals surface area contributed by atoms with Gasteiger partial charge in [0.25, 0.3) is 0 Å². The first-order chi connectivity index (χ1) is 17.7. The number of benzene rings is 2. The molecule has 2 aliphatic heterocycles. The molecule has 2 bridgehead atoms. The molecule has 3 atom stereocenters. The summed E-state index contributed by atoms with van der Waals surface area (Å²) in [5.74, 6) is -0.179. The summed E-state index contributed by atoms with van der Waals surface area (Å²) in [6.07, 6.45) is 3.77. The molecular formula is C26H28F2N4O4S. The Morgan fingerprint density at radius 2 is 1.78 bits per heavy atom. The summed E-state index contributed by atoms with van der Waals surface area (Å²) in [6.45, 7) is 3.69. The molecule has 5 rings (SSSR count). The number of morpholine rings is 1. The van der Waals surface area contributed by atoms with Gasteiger partial charge >= 0.3 is 0 Å². The first-order valence-electron chi connectivity index (χ1n) is 12.0. The molecule has 3 aromatic rings. The number of ether oxygens (including phenoxy) is 2. The van der Waals surface area contributed by atoms with Crippen molar-refractivity contribution in [1.29, 1.82) is 0 Å². The van der Waals surface area contributed by atoms with Gasteiger partial charge in [-0.3, -0.25) is 4.90 Å². The minimum absolute atomic E-state index is 0.0874. The zero-order valence-corrected chi connectivity index (χ0v) is 21.3. The third-order valence-corrected chi connectivity index (χ3v) is 7.95. The van der Waals surface area contributed by atoms with E-state index in [2.05, 4.69) is 20.2 Å². The van der Waals surface area contributed by atoms with Crippen molar-refractivity contribution >= 4 is 21.3 Å². The molecule has 37 heavy (non-hydrogen) atoms. The lowest BCUT2D eigenvalue weighted by Gasteiger charge is -2.48. The lowest BCUT2D eigenvalue weighted by Crippen LogP contribution is -2.58. The smallest absolute Gasteiger partial charge is 0.221 e. The molecule has 0 aliphatic carbocycles. The number of hydrogen-bond acceptors (Lipinski definition) is 8. The topological polar surface area (TPSA) is 93.7 Å². The summed E-state index contributed by atoms with van der Waals surface area (Å²) in [7, 11) is -3.52. The van der Waals surface area contributed by atoms with Gasteiger partial charge in [0.2, 0.25) is 5.88 Å². The standard InChI is InChI=1S/C26H28F2N4O4S/c1-16-25(31-24-8-7-22(11-23(24)28)37(2,33)34)29-15-30-26(16)36-21-9-19-13-35-14-20(10-21)32(19)12-17-3-5-18(27)6-4-17/h3-8,11,15,19-21H,9-10,12-14H2,1-2H3,(H,29,30,31)/t19-,20+,21?. The molecule has 2 aromatic carbocycles. The van der Waals surface area contributed by atoms with Crippen molar-refractivity contribution in [1.82, 2.24) is 14.9 Å². The van der Waals surface area contributed by atoms with Crippen LogP contribution in [0.15, 0.2) is 53.7 Å². The molecular weight excluding hydrogens is 502 g/mol. The van der Waals surface area contributed by atoms with Crippen LogP contribution >= 0.6 is 0 Å². The van der Waals surface area contributed by atoms with E-state index in [0.717, 1.165) is 37.3 Å². The number of fused-ring (bicyclic) bond motifs is 2. The van der Waals surface area contributed by atoms with Crippen LogP contribution in [0.5, 0.6) is 5.88 Å². The number of anilines is 2. The fourth-order valence-corrected chi connectivity index (χ4v) is 5.52. The van der Waals surface area contributed by atoms with E-state index in [1.165, 1.54) is 30.6 Å². The number of nitrogens with one attached hydrogen (secondary N) is 1. The number of piperidine rings is 1. The zero-order chi connectivity index (χ0) is 26.2. The molecule has 1 unspecified atom stereocenters. The maximum absolute atomic E-state index is 14.6. The molecule has 1 N–H and O–H groups in total. The second-order valence-corrected chi connectivity index (χ2v) is 11.6. The van der Waals surface area contributed by atoms with Crippen molar-refractivity contribution in [2.45, 2.75) is 49.4 Å². The summed E-state index contributed by atoms with van der Waals surface area (Å²) in [5, 5.41) is 2.92. The van der Waals surface area contributed by atoms with Crippen LogP contribution in [0.3, 0.4) is 0 Å². The predicted octanol–water partition coefficient (Wildman–Crippen LogP) is 4.02. The van der Waals surface area contributed by atoms with E-state index in [-0.39, 0.29) is 34.6 Å². The third kappa shape index (κ3) is 5.73. The Balaban J connectivity index is 1.28. The molecule has 2 fully saturated rings. The maximum Gasteiger partial charge on any atom is 0.221 e. The van der Waals surface area contributed by atoms with E-state index in [1.807, 2.05) is 12.1 Å². The van der Waals surface area contributed by atoms with Crippen molar-refractivity contribution in [3.63, 3.8) is 0 Å². The van der Waals surface area contributed by atoms with E-state index >= 15 is 0 Å². The number of aromatic nitrogens is 2. The molecule has 0 spiro atoms. The minimum atomic E-state index is -3.52. The average Bonchev–Trinajstić information content (AvgIpc) is 2.84. The normalized spacial score (nSPS) is 22.0. The van der Waals surface area contributed by atoms with Gasteiger partial charge < -0.3 is 14.8 Å². The van der Waals surface area contributed by atoms with E-state index < -0.39 is 15.7 Å². The van der Waals surface area contributed by atoms with Crippen LogP contribution in [-0.4, -0.2) is 60.9 Å². The lowest BCUT2D eigenvalue weighted by atomic mass is 9.91. The molecule has 1 aromatic heterocycles. The second-order valence-electron chi connectivity index (χ2n) is 9.55. The third-order valence-electron chi connectivity index (χ3n) is 6.84. The predicted molar refractivity (Wildman–Crippen MR) is 134 cm³/mol. The highest BCUT2D eigenvalue weighted by Crippen LogP contribution is 2.33. The summed E-state index contributed by atoms with van der Waals surface area (Å²) in [6, 6.07) is 10.6. The van der Waals surface area contributed by atoms with Crippen molar-refractivity contribution in [3.8, 4) is 5.88 Å². The maximum atomic E-state index is 14.6. The van der Waals surface area contributed by atoms with Crippen LogP contribution < -0.4 is 10.1 Å². The fourth-order valence-electron chi connectivity index (χ4n) is 4.89. The first kappa shape index (κ1) is 25.5. The van der Waals surface area contributed by atoms with Gasteiger partial charge in [-0.05, 0) is 42.8 Å². The monoisotopic (exact) mass is 530 g/mol. The molecule has 2 aliphatic rings. The summed E-state index contributed by atoms with van der Waals surface area (Å²) >= 11 is 0. The van der Waals surface area contributed by atoms with Crippen molar-refractivity contribution in [3.05, 3.63) is 71.6 Å². The van der Waals surface area contributed by atoms with Crippen molar-refractivity contribution in [2.24, 2.45) is 0 Å². The minimum Gasteiger partial charge on any atom is -0.474 e. The molecule has 3 heterocycles. The van der Waals surface area contributed by atoms with E-state index in [9.17, 15) is 17.2 Å². The number of rotatable bonds is 7. The van der Waals surface area contributed by atoms with E-state index in [1.54, 1.807) is 6.92 Å². The molecule has 0 radical (unpaired) electrons. The van der Waals surface area contributed by atoms with Crippen LogP contribution in [-0.2, 0) is 21.1 Å². The number of sulfone groups is 1. The van der Waals surface area contributed by atoms with Gasteiger partial charge in [0, 0.05) is 37.7 Å². The van der Waals surface area contributed by atoms with Gasteiger partial charge in [-0.25, -0.2) is 27.2 Å². The molecule has 11 heteroatoms. The van der Waals surface area contributed by atoms with Crippen LogP contribution in [0.25, 0.3) is 0 Å². The second kappa shape index (κ2) is 10.3. The van der Waals surface area contributed by atoms with E-state index in [4.69, 9.17) is 9.47 Å². The van der Waals surface area contributed by atoms with Crippen LogP contribution in [0.2, 0.25) is 0 Å². The Bertz CT molecular complexity index is 1370. The first-order valence-corrected chi connectivity index (χ1v) is 13.9. The molecule has 2 saturated heterocycles. The molecule has 8 nitrogen and oxygen atoms in total. The van der Waals surface area contributed by atoms with E-state index in [0.29, 0.717) is 30.5 Å². The summed E-state index contributed by atoms with van der Waals surface area (Å²) in [4.78, 5) is 10.8. The molecule has 196 valence electrons. The van der Waals surface area contributed by atoms with Crippen molar-refractivity contribution in [2.75, 3.05) is 24.8 Å². The van der Waals surface area contributed by atoms with Gasteiger partial charge in [0.1, 0.15) is 29.9 Å². The quantitative estimate of drug-likeness (QED) is 0.490. The Hall–Kier alpha value is -3.15. The highest BCUT2D eigenvalue weighted by Gasteiger charge is 2.40. The van der Waals surface area contributed by atoms with Gasteiger partial charge in [-0.15, -0.1) is 0 Å². The summed E-state index contributed by atoms with van der Waals surface area (Å²) in [5.41, 5.74) is 1.77. The van der Waals surface area contributed by atoms with Crippen molar-refractivity contribution < 1.29 is 26.7 Å². The molecule has 0 amide bonds. The lowest BCUT2D eigenvalue weighted by molar-refractivity contribution is -0.104. The Kier molecular flexibility index (Phi) is 7.11. The SMILES string of the molecule is Cc1c(Nc2ccc(S(C)(=O)=O)cc2F)ncnc1OC1C[C@H]2COC[C@@H](C1)N2Cc1ccc(F)cc1. The van der Waals surface area contributed by atoms with Crippen LogP contribution in [0.1, 0.15) is 24.0 Å². The number of nitrogens with zero attached hydrogens (tertiary/aromatic N) is 3. The fraction of sp³-hybridized carbons (Fsp3) is 0.385. The van der Waals surface area contributed by atoms with Gasteiger partial charge in [-0.1, -0.05) is 12.1 Å². The Morgan fingerprint density at radius 3 is 2.43 bits per heavy atom. The average molecular weight is 531 g/mol. The van der Waals surface area contributed by atoms with Gasteiger partial charge in [0.05, 0.1) is 29.4 Å². The largest absolute Gasteiger partial charge is 0.474 e. The number of halogens is 2. The highest BCUT2D eigenvalue weighted by atomic mass is 32.2. The Labute approximate surface area is 214 Å². The van der Waals surface area contributed by atoms with Crippen LogP contribution in [0, 0.1) is 18.6 Å².